The second-order valence-electron chi connectivity index (χ2n) is 3.30. The average molecular weight is 211 g/mol. The van der Waals surface area contributed by atoms with Crippen LogP contribution >= 0.6 is 11.6 Å². The predicted molar refractivity (Wildman–Crippen MR) is 61.1 cm³/mol. The van der Waals surface area contributed by atoms with E-state index in [2.05, 4.69) is 13.5 Å². The molecule has 0 amide bonds. The Kier molecular flexibility index (Phi) is 4.02. The van der Waals surface area contributed by atoms with Crippen LogP contribution in [0.15, 0.2) is 30.4 Å². The molecule has 1 aromatic carbocycles. The van der Waals surface area contributed by atoms with Crippen LogP contribution in [0.3, 0.4) is 0 Å². The van der Waals surface area contributed by atoms with Gasteiger partial charge in [0.25, 0.3) is 0 Å². The van der Waals surface area contributed by atoms with E-state index in [1.165, 1.54) is 0 Å². The molecule has 1 nitrogen and oxygen atoms in total. The van der Waals surface area contributed by atoms with Gasteiger partial charge in [0, 0.05) is 5.02 Å². The molecule has 0 fully saturated rings. The van der Waals surface area contributed by atoms with Crippen molar-refractivity contribution in [1.82, 2.24) is 0 Å². The van der Waals surface area contributed by atoms with Gasteiger partial charge in [-0.1, -0.05) is 31.2 Å². The maximum absolute atomic E-state index is 5.86. The van der Waals surface area contributed by atoms with Gasteiger partial charge in [0.1, 0.15) is 12.4 Å². The number of hydrogen-bond donors (Lipinski definition) is 0. The summed E-state index contributed by atoms with van der Waals surface area (Å²) in [4.78, 5) is 0. The molecule has 1 aromatic rings. The molecule has 0 saturated heterocycles. The summed E-state index contributed by atoms with van der Waals surface area (Å²) in [6.07, 6.45) is 0.944. The van der Waals surface area contributed by atoms with E-state index in [0.29, 0.717) is 11.6 Å². The summed E-state index contributed by atoms with van der Waals surface area (Å²) >= 11 is 5.86. The quantitative estimate of drug-likeness (QED) is 0.683. The van der Waals surface area contributed by atoms with Crippen LogP contribution in [0.2, 0.25) is 5.02 Å². The summed E-state index contributed by atoms with van der Waals surface area (Å²) in [5.41, 5.74) is 2.18. The summed E-state index contributed by atoms with van der Waals surface area (Å²) in [5, 5.41) is 0.702. The minimum Gasteiger partial charge on any atom is -0.489 e. The molecule has 0 aliphatic heterocycles. The lowest BCUT2D eigenvalue weighted by Gasteiger charge is -2.09. The lowest BCUT2D eigenvalue weighted by Crippen LogP contribution is -2.00. The molecule has 0 saturated carbocycles. The van der Waals surface area contributed by atoms with Crippen molar-refractivity contribution in [1.29, 1.82) is 0 Å². The average Bonchev–Trinajstić information content (AvgIpc) is 2.19. The Morgan fingerprint density at radius 1 is 1.50 bits per heavy atom. The molecular weight excluding hydrogens is 196 g/mol. The first-order valence-electron chi connectivity index (χ1n) is 4.69. The highest BCUT2D eigenvalue weighted by atomic mass is 35.5. The van der Waals surface area contributed by atoms with Gasteiger partial charge in [0.2, 0.25) is 0 Å². The van der Waals surface area contributed by atoms with Crippen LogP contribution in [-0.2, 0) is 0 Å². The van der Waals surface area contributed by atoms with Gasteiger partial charge in [-0.15, -0.1) is 0 Å². The van der Waals surface area contributed by atoms with Crippen molar-refractivity contribution in [2.45, 2.75) is 20.3 Å². The van der Waals surface area contributed by atoms with Gasteiger partial charge in [-0.3, -0.25) is 0 Å². The number of ether oxygens (including phenoxy) is 1. The highest BCUT2D eigenvalue weighted by Crippen LogP contribution is 2.22. The molecule has 2 heteroatoms. The second kappa shape index (κ2) is 5.06. The van der Waals surface area contributed by atoms with E-state index in [1.807, 2.05) is 25.1 Å². The minimum atomic E-state index is 0.567. The number of halogens is 1. The van der Waals surface area contributed by atoms with Crippen LogP contribution in [0.5, 0.6) is 5.75 Å². The maximum atomic E-state index is 5.86. The molecule has 0 aliphatic rings. The van der Waals surface area contributed by atoms with Gasteiger partial charge in [0.05, 0.1) is 0 Å². The van der Waals surface area contributed by atoms with E-state index in [-0.39, 0.29) is 0 Å². The van der Waals surface area contributed by atoms with Crippen LogP contribution in [0.1, 0.15) is 18.9 Å². The Morgan fingerprint density at radius 3 is 2.86 bits per heavy atom. The van der Waals surface area contributed by atoms with Gasteiger partial charge in [-0.05, 0) is 36.6 Å². The molecule has 0 N–H and O–H groups in total. The van der Waals surface area contributed by atoms with Crippen molar-refractivity contribution in [3.63, 3.8) is 0 Å². The van der Waals surface area contributed by atoms with Crippen molar-refractivity contribution < 1.29 is 4.74 Å². The number of hydrogen-bond acceptors (Lipinski definition) is 1. The fourth-order valence-corrected chi connectivity index (χ4v) is 1.17. The normalized spacial score (nSPS) is 9.93. The number of aryl methyl sites for hydroxylation is 1. The molecule has 0 bridgehead atoms. The van der Waals surface area contributed by atoms with Crippen LogP contribution in [0, 0.1) is 6.92 Å². The Bertz CT molecular complexity index is 331. The maximum Gasteiger partial charge on any atom is 0.124 e. The summed E-state index contributed by atoms with van der Waals surface area (Å²) in [6, 6.07) is 5.64. The first-order valence-corrected chi connectivity index (χ1v) is 5.07. The van der Waals surface area contributed by atoms with Crippen LogP contribution in [0.25, 0.3) is 0 Å². The lowest BCUT2D eigenvalue weighted by molar-refractivity contribution is 0.347. The number of rotatable bonds is 4. The Hall–Kier alpha value is -0.950. The first-order chi connectivity index (χ1) is 6.63. The first kappa shape index (κ1) is 11.1. The van der Waals surface area contributed by atoms with Crippen molar-refractivity contribution >= 4 is 11.6 Å². The third kappa shape index (κ3) is 3.08. The van der Waals surface area contributed by atoms with Crippen molar-refractivity contribution in [3.05, 3.63) is 40.9 Å². The second-order valence-corrected chi connectivity index (χ2v) is 3.74. The fraction of sp³-hybridized carbons (Fsp3) is 0.333. The van der Waals surface area contributed by atoms with E-state index in [9.17, 15) is 0 Å². The molecule has 0 spiro atoms. The van der Waals surface area contributed by atoms with Crippen molar-refractivity contribution in [2.75, 3.05) is 6.61 Å². The van der Waals surface area contributed by atoms with E-state index in [1.54, 1.807) is 0 Å². The molecule has 0 aromatic heterocycles. The molecule has 14 heavy (non-hydrogen) atoms. The molecule has 76 valence electrons. The van der Waals surface area contributed by atoms with Gasteiger partial charge >= 0.3 is 0 Å². The highest BCUT2D eigenvalue weighted by Gasteiger charge is 2.00. The molecule has 0 unspecified atom stereocenters. The Balaban J connectivity index is 2.66. The van der Waals surface area contributed by atoms with Gasteiger partial charge in [-0.2, -0.15) is 0 Å². The zero-order valence-electron chi connectivity index (χ0n) is 8.64. The molecule has 0 aliphatic carbocycles. The van der Waals surface area contributed by atoms with E-state index >= 15 is 0 Å². The molecule has 0 radical (unpaired) electrons. The topological polar surface area (TPSA) is 9.23 Å². The zero-order valence-corrected chi connectivity index (χ0v) is 9.40. The summed E-state index contributed by atoms with van der Waals surface area (Å²) in [7, 11) is 0. The standard InChI is InChI=1S/C12H15ClO/c1-4-9(2)8-14-12-7-11(13)6-5-10(12)3/h5-7H,2,4,8H2,1,3H3. The van der Waals surface area contributed by atoms with Crippen LogP contribution in [-0.4, -0.2) is 6.61 Å². The van der Waals surface area contributed by atoms with Crippen LogP contribution in [0.4, 0.5) is 0 Å². The predicted octanol–water partition coefficient (Wildman–Crippen LogP) is 3.99. The van der Waals surface area contributed by atoms with Gasteiger partial charge in [0.15, 0.2) is 0 Å². The van der Waals surface area contributed by atoms with Gasteiger partial charge in [-0.25, -0.2) is 0 Å². The minimum absolute atomic E-state index is 0.567. The SMILES string of the molecule is C=C(CC)COc1cc(Cl)ccc1C. The van der Waals surface area contributed by atoms with Crippen LogP contribution < -0.4 is 4.74 Å². The number of benzene rings is 1. The molecule has 1 rings (SSSR count). The summed E-state index contributed by atoms with van der Waals surface area (Å²) < 4.78 is 5.59. The fourth-order valence-electron chi connectivity index (χ4n) is 1.01. The third-order valence-corrected chi connectivity index (χ3v) is 2.32. The van der Waals surface area contributed by atoms with Crippen molar-refractivity contribution in [2.24, 2.45) is 0 Å². The Morgan fingerprint density at radius 2 is 2.21 bits per heavy atom. The molecule has 0 atom stereocenters. The van der Waals surface area contributed by atoms with E-state index < -0.39 is 0 Å². The highest BCUT2D eigenvalue weighted by molar-refractivity contribution is 6.30. The largest absolute Gasteiger partial charge is 0.489 e. The lowest BCUT2D eigenvalue weighted by atomic mass is 10.2. The van der Waals surface area contributed by atoms with Crippen molar-refractivity contribution in [3.8, 4) is 5.75 Å². The van der Waals surface area contributed by atoms with Gasteiger partial charge < -0.3 is 4.74 Å². The summed E-state index contributed by atoms with van der Waals surface area (Å²) in [5.74, 6) is 0.840. The zero-order chi connectivity index (χ0) is 10.6. The monoisotopic (exact) mass is 210 g/mol. The smallest absolute Gasteiger partial charge is 0.124 e. The molecular formula is C12H15ClO. The molecule has 0 heterocycles. The third-order valence-electron chi connectivity index (χ3n) is 2.08. The Labute approximate surface area is 90.3 Å². The van der Waals surface area contributed by atoms with E-state index in [4.69, 9.17) is 16.3 Å². The summed E-state index contributed by atoms with van der Waals surface area (Å²) in [6.45, 7) is 8.52. The van der Waals surface area contributed by atoms with E-state index in [0.717, 1.165) is 23.3 Å².